The van der Waals surface area contributed by atoms with E-state index in [-0.39, 0.29) is 17.0 Å². The average Bonchev–Trinajstić information content (AvgIpc) is 3.20. The van der Waals surface area contributed by atoms with E-state index in [0.717, 1.165) is 16.8 Å². The maximum Gasteiger partial charge on any atom is 0.259 e. The molecule has 1 aliphatic rings. The van der Waals surface area contributed by atoms with Crippen molar-refractivity contribution in [2.24, 2.45) is 5.73 Å². The standard InChI is InChI=1S/C22H19N3O3/c1-13-5-7-15(8-6-13)12-25-14(2)10-18-20(22(25)26)19(17-4-3-9-27-17)16(11-23)21(24)28-18/h3-10,19H,12,24H2,1-2H3/t19-/m0/s1. The quantitative estimate of drug-likeness (QED) is 0.760. The third-order valence-electron chi connectivity index (χ3n) is 4.98. The molecule has 0 saturated heterocycles. The van der Waals surface area contributed by atoms with Gasteiger partial charge in [0, 0.05) is 11.8 Å². The van der Waals surface area contributed by atoms with E-state index >= 15 is 0 Å². The van der Waals surface area contributed by atoms with Gasteiger partial charge in [0.15, 0.2) is 0 Å². The number of hydrogen-bond donors (Lipinski definition) is 1. The Kier molecular flexibility index (Phi) is 4.28. The summed E-state index contributed by atoms with van der Waals surface area (Å²) in [5, 5.41) is 9.61. The van der Waals surface area contributed by atoms with Crippen LogP contribution >= 0.6 is 0 Å². The van der Waals surface area contributed by atoms with Crippen LogP contribution in [0, 0.1) is 25.2 Å². The molecular formula is C22H19N3O3. The van der Waals surface area contributed by atoms with Crippen LogP contribution in [0.2, 0.25) is 0 Å². The molecular weight excluding hydrogens is 354 g/mol. The number of fused-ring (bicyclic) bond motifs is 1. The first-order valence-electron chi connectivity index (χ1n) is 8.90. The first kappa shape index (κ1) is 17.7. The van der Waals surface area contributed by atoms with Crippen LogP contribution in [0.1, 0.15) is 34.1 Å². The van der Waals surface area contributed by atoms with Crippen LogP contribution in [0.25, 0.3) is 0 Å². The Morgan fingerprint density at radius 3 is 2.61 bits per heavy atom. The highest BCUT2D eigenvalue weighted by Crippen LogP contribution is 2.40. The largest absolute Gasteiger partial charge is 0.468 e. The zero-order chi connectivity index (χ0) is 19.8. The second kappa shape index (κ2) is 6.78. The van der Waals surface area contributed by atoms with Crippen LogP contribution in [-0.4, -0.2) is 4.57 Å². The van der Waals surface area contributed by atoms with E-state index in [2.05, 4.69) is 6.07 Å². The topological polar surface area (TPSA) is 94.2 Å². The van der Waals surface area contributed by atoms with Gasteiger partial charge in [-0.25, -0.2) is 0 Å². The molecule has 6 nitrogen and oxygen atoms in total. The number of hydrogen-bond acceptors (Lipinski definition) is 5. The summed E-state index contributed by atoms with van der Waals surface area (Å²) in [7, 11) is 0. The number of benzene rings is 1. The van der Waals surface area contributed by atoms with Crippen LogP contribution in [0.4, 0.5) is 0 Å². The number of aryl methyl sites for hydroxylation is 2. The number of allylic oxidation sites excluding steroid dienone is 1. The Labute approximate surface area is 162 Å². The number of pyridine rings is 1. The van der Waals surface area contributed by atoms with Crippen LogP contribution in [0.3, 0.4) is 0 Å². The lowest BCUT2D eigenvalue weighted by atomic mass is 9.88. The van der Waals surface area contributed by atoms with Gasteiger partial charge in [-0.2, -0.15) is 5.26 Å². The van der Waals surface area contributed by atoms with Gasteiger partial charge in [0.25, 0.3) is 5.56 Å². The summed E-state index contributed by atoms with van der Waals surface area (Å²) in [5.41, 5.74) is 9.18. The summed E-state index contributed by atoms with van der Waals surface area (Å²) in [6.07, 6.45) is 1.51. The zero-order valence-corrected chi connectivity index (χ0v) is 15.6. The van der Waals surface area contributed by atoms with Gasteiger partial charge in [-0.3, -0.25) is 4.79 Å². The van der Waals surface area contributed by atoms with Crippen LogP contribution < -0.4 is 16.0 Å². The van der Waals surface area contributed by atoms with Gasteiger partial charge in [-0.1, -0.05) is 29.8 Å². The fourth-order valence-electron chi connectivity index (χ4n) is 3.50. The highest BCUT2D eigenvalue weighted by atomic mass is 16.5. The zero-order valence-electron chi connectivity index (χ0n) is 15.6. The number of ether oxygens (including phenoxy) is 1. The lowest BCUT2D eigenvalue weighted by molar-refractivity contribution is 0.379. The highest BCUT2D eigenvalue weighted by molar-refractivity contribution is 5.53. The maximum atomic E-state index is 13.4. The van der Waals surface area contributed by atoms with Gasteiger partial charge in [0.05, 0.1) is 24.3 Å². The maximum absolute atomic E-state index is 13.4. The Morgan fingerprint density at radius 2 is 1.96 bits per heavy atom. The Hall–Kier alpha value is -3.72. The van der Waals surface area contributed by atoms with E-state index in [4.69, 9.17) is 14.9 Å². The van der Waals surface area contributed by atoms with Gasteiger partial charge in [-0.15, -0.1) is 0 Å². The summed E-state index contributed by atoms with van der Waals surface area (Å²) in [6.45, 7) is 4.29. The van der Waals surface area contributed by atoms with Gasteiger partial charge in [0.2, 0.25) is 5.88 Å². The summed E-state index contributed by atoms with van der Waals surface area (Å²) in [4.78, 5) is 13.4. The van der Waals surface area contributed by atoms with Gasteiger partial charge >= 0.3 is 0 Å². The van der Waals surface area contributed by atoms with Crippen LogP contribution in [0.15, 0.2) is 69.4 Å². The summed E-state index contributed by atoms with van der Waals surface area (Å²) >= 11 is 0. The number of rotatable bonds is 3. The molecule has 6 heteroatoms. The second-order valence-electron chi connectivity index (χ2n) is 6.88. The minimum atomic E-state index is -0.693. The molecule has 4 rings (SSSR count). The van der Waals surface area contributed by atoms with E-state index in [1.54, 1.807) is 22.8 Å². The van der Waals surface area contributed by atoms with E-state index in [0.29, 0.717) is 23.6 Å². The van der Waals surface area contributed by atoms with Crippen molar-refractivity contribution in [3.05, 3.63) is 98.7 Å². The van der Waals surface area contributed by atoms with Crippen molar-refractivity contribution in [3.8, 4) is 11.8 Å². The summed E-state index contributed by atoms with van der Waals surface area (Å²) in [5.74, 6) is 0.139. The Balaban J connectivity index is 1.89. The number of aromatic nitrogens is 1. The number of nitrogens with zero attached hydrogens (tertiary/aromatic N) is 2. The fourth-order valence-corrected chi connectivity index (χ4v) is 3.50. The fraction of sp³-hybridized carbons (Fsp3) is 0.182. The molecule has 1 aliphatic heterocycles. The highest BCUT2D eigenvalue weighted by Gasteiger charge is 2.36. The molecule has 2 aromatic heterocycles. The van der Waals surface area contributed by atoms with Crippen molar-refractivity contribution >= 4 is 0 Å². The normalized spacial score (nSPS) is 15.7. The number of nitriles is 1. The minimum absolute atomic E-state index is 0.00788. The van der Waals surface area contributed by atoms with Crippen LogP contribution in [-0.2, 0) is 6.54 Å². The third kappa shape index (κ3) is 2.87. The first-order valence-corrected chi connectivity index (χ1v) is 8.90. The van der Waals surface area contributed by atoms with Crippen molar-refractivity contribution in [2.75, 3.05) is 0 Å². The van der Waals surface area contributed by atoms with Crippen molar-refractivity contribution in [3.63, 3.8) is 0 Å². The monoisotopic (exact) mass is 373 g/mol. The third-order valence-corrected chi connectivity index (χ3v) is 4.98. The molecule has 2 N–H and O–H groups in total. The van der Waals surface area contributed by atoms with Crippen molar-refractivity contribution < 1.29 is 9.15 Å². The molecule has 0 amide bonds. The molecule has 1 atom stereocenters. The molecule has 0 unspecified atom stereocenters. The number of nitrogens with two attached hydrogens (primary N) is 1. The molecule has 0 saturated carbocycles. The van der Waals surface area contributed by atoms with E-state index in [1.807, 2.05) is 38.1 Å². The van der Waals surface area contributed by atoms with Gasteiger partial charge in [0.1, 0.15) is 23.2 Å². The molecule has 140 valence electrons. The number of furan rings is 1. The predicted molar refractivity (Wildman–Crippen MR) is 104 cm³/mol. The van der Waals surface area contributed by atoms with Crippen molar-refractivity contribution in [1.29, 1.82) is 5.26 Å². The van der Waals surface area contributed by atoms with E-state index in [1.165, 1.54) is 6.26 Å². The minimum Gasteiger partial charge on any atom is -0.468 e. The van der Waals surface area contributed by atoms with Gasteiger partial charge < -0.3 is 19.5 Å². The molecule has 0 fully saturated rings. The van der Waals surface area contributed by atoms with E-state index in [9.17, 15) is 10.1 Å². The molecule has 0 spiro atoms. The van der Waals surface area contributed by atoms with E-state index < -0.39 is 5.92 Å². The smallest absolute Gasteiger partial charge is 0.259 e. The van der Waals surface area contributed by atoms with Crippen molar-refractivity contribution in [2.45, 2.75) is 26.3 Å². The summed E-state index contributed by atoms with van der Waals surface area (Å²) in [6, 6.07) is 15.3. The van der Waals surface area contributed by atoms with Crippen LogP contribution in [0.5, 0.6) is 5.75 Å². The van der Waals surface area contributed by atoms with Crippen molar-refractivity contribution in [1.82, 2.24) is 4.57 Å². The molecule has 1 aromatic carbocycles. The molecule has 0 bridgehead atoms. The lowest BCUT2D eigenvalue weighted by Gasteiger charge is -2.26. The first-order chi connectivity index (χ1) is 13.5. The summed E-state index contributed by atoms with van der Waals surface area (Å²) < 4.78 is 12.8. The Bertz CT molecular complexity index is 1160. The predicted octanol–water partition coefficient (Wildman–Crippen LogP) is 3.32. The second-order valence-corrected chi connectivity index (χ2v) is 6.88. The molecule has 28 heavy (non-hydrogen) atoms. The average molecular weight is 373 g/mol. The molecule has 0 aliphatic carbocycles. The van der Waals surface area contributed by atoms with Gasteiger partial charge in [-0.05, 0) is 31.5 Å². The molecule has 0 radical (unpaired) electrons. The molecule has 3 aromatic rings. The lowest BCUT2D eigenvalue weighted by Crippen LogP contribution is -2.32. The SMILES string of the molecule is Cc1ccc(Cn2c(C)cc3c(c2=O)[C@H](c2ccco2)C(C#N)=C(N)O3)cc1. The Morgan fingerprint density at radius 1 is 1.21 bits per heavy atom. The molecule has 3 heterocycles.